The van der Waals surface area contributed by atoms with Crippen molar-refractivity contribution in [2.75, 3.05) is 25.1 Å². The Morgan fingerprint density at radius 1 is 1.11 bits per heavy atom. The van der Waals surface area contributed by atoms with Crippen LogP contribution in [0.3, 0.4) is 0 Å². The molecule has 11 heteroatoms. The van der Waals surface area contributed by atoms with Gasteiger partial charge in [0.15, 0.2) is 5.82 Å². The van der Waals surface area contributed by atoms with Crippen LogP contribution in [0.1, 0.15) is 28.3 Å². The van der Waals surface area contributed by atoms with E-state index in [0.29, 0.717) is 52.7 Å². The van der Waals surface area contributed by atoms with Gasteiger partial charge in [-0.1, -0.05) is 34.4 Å². The zero-order chi connectivity index (χ0) is 27.0. The highest BCUT2D eigenvalue weighted by Gasteiger charge is 2.28. The van der Waals surface area contributed by atoms with E-state index in [1.165, 1.54) is 0 Å². The van der Waals surface area contributed by atoms with Crippen LogP contribution in [0, 0.1) is 20.8 Å². The maximum atomic E-state index is 10.1. The summed E-state index contributed by atoms with van der Waals surface area (Å²) >= 11 is 12.8. The van der Waals surface area contributed by atoms with E-state index >= 15 is 0 Å². The minimum Gasteiger partial charge on any atom is -0.491 e. The Hall–Kier alpha value is -3.24. The molecule has 198 valence electrons. The monoisotopic (exact) mass is 554 g/mol. The van der Waals surface area contributed by atoms with E-state index in [1.807, 2.05) is 26.8 Å². The second-order valence-electron chi connectivity index (χ2n) is 9.30. The molecular formula is C27H28Cl2N6O3. The number of aryl methyl sites for hydroxylation is 2. The molecule has 0 unspecified atom stereocenters. The Bertz CT molecular complexity index is 1470. The third-order valence-electron chi connectivity index (χ3n) is 6.49. The number of aliphatic hydroxyl groups excluding tert-OH is 1. The molecule has 4 heterocycles. The van der Waals surface area contributed by atoms with E-state index in [4.69, 9.17) is 42.4 Å². The molecule has 2 N–H and O–H groups in total. The Kier molecular flexibility index (Phi) is 7.54. The molecule has 1 atom stereocenters. The van der Waals surface area contributed by atoms with E-state index in [1.54, 1.807) is 31.3 Å². The van der Waals surface area contributed by atoms with Crippen LogP contribution < -0.4 is 15.0 Å². The Balaban J connectivity index is 1.60. The lowest BCUT2D eigenvalue weighted by molar-refractivity contribution is 0.108. The summed E-state index contributed by atoms with van der Waals surface area (Å²) in [6.45, 7) is 7.51. The predicted octanol–water partition coefficient (Wildman–Crippen LogP) is 4.90. The number of rotatable bonds is 8. The summed E-state index contributed by atoms with van der Waals surface area (Å²) in [5, 5.41) is 18.1. The molecule has 0 fully saturated rings. The van der Waals surface area contributed by atoms with Crippen molar-refractivity contribution in [2.45, 2.75) is 40.0 Å². The van der Waals surface area contributed by atoms with Crippen molar-refractivity contribution in [1.29, 1.82) is 0 Å². The van der Waals surface area contributed by atoms with Crippen molar-refractivity contribution < 1.29 is 14.4 Å². The number of aliphatic hydroxyl groups is 1. The highest BCUT2D eigenvalue weighted by Crippen LogP contribution is 2.39. The number of halogens is 2. The molecular weight excluding hydrogens is 527 g/mol. The summed E-state index contributed by atoms with van der Waals surface area (Å²) in [5.41, 5.74) is 5.80. The molecule has 0 spiro atoms. The van der Waals surface area contributed by atoms with Crippen molar-refractivity contribution in [3.63, 3.8) is 0 Å². The Morgan fingerprint density at radius 3 is 2.66 bits per heavy atom. The number of aromatic nitrogens is 4. The molecule has 1 aromatic carbocycles. The van der Waals surface area contributed by atoms with Gasteiger partial charge in [-0.15, -0.1) is 0 Å². The van der Waals surface area contributed by atoms with Crippen molar-refractivity contribution in [3.05, 3.63) is 68.8 Å². The van der Waals surface area contributed by atoms with E-state index in [-0.39, 0.29) is 6.61 Å². The normalized spacial score (nSPS) is 13.6. The SMILES string of the molecule is CNC[C@@H](O)COc1ccc(Cl)c(-c2nc(-c3c(C)noc3C)c(C)c(N3Cc4ccc(Cl)nc4C3)n2)c1. The Morgan fingerprint density at radius 2 is 1.92 bits per heavy atom. The zero-order valence-electron chi connectivity index (χ0n) is 21.5. The lowest BCUT2D eigenvalue weighted by Crippen LogP contribution is -2.29. The van der Waals surface area contributed by atoms with E-state index in [0.717, 1.165) is 39.6 Å². The van der Waals surface area contributed by atoms with Gasteiger partial charge in [0.1, 0.15) is 35.2 Å². The molecule has 0 saturated heterocycles. The molecule has 0 radical (unpaired) electrons. The van der Waals surface area contributed by atoms with Crippen molar-refractivity contribution in [2.24, 2.45) is 0 Å². The molecule has 0 bridgehead atoms. The van der Waals surface area contributed by atoms with Gasteiger partial charge >= 0.3 is 0 Å². The summed E-state index contributed by atoms with van der Waals surface area (Å²) < 4.78 is 11.3. The van der Waals surface area contributed by atoms with Gasteiger partial charge < -0.3 is 24.6 Å². The fourth-order valence-corrected chi connectivity index (χ4v) is 4.99. The van der Waals surface area contributed by atoms with Crippen LogP contribution in [0.5, 0.6) is 5.75 Å². The summed E-state index contributed by atoms with van der Waals surface area (Å²) in [6, 6.07) is 9.09. The minimum atomic E-state index is -0.647. The first kappa shape index (κ1) is 26.4. The van der Waals surface area contributed by atoms with Gasteiger partial charge in [0.2, 0.25) is 0 Å². The van der Waals surface area contributed by atoms with Crippen molar-refractivity contribution >= 4 is 29.0 Å². The van der Waals surface area contributed by atoms with Gasteiger partial charge in [-0.05, 0) is 57.6 Å². The number of likely N-dealkylation sites (N-methyl/N-ethyl adjacent to an activating group) is 1. The number of hydrogen-bond acceptors (Lipinski definition) is 9. The van der Waals surface area contributed by atoms with Crippen molar-refractivity contribution in [3.8, 4) is 28.4 Å². The number of benzene rings is 1. The van der Waals surface area contributed by atoms with Crippen LogP contribution in [-0.4, -0.2) is 51.5 Å². The number of pyridine rings is 1. The first-order valence-corrected chi connectivity index (χ1v) is 13.0. The van der Waals surface area contributed by atoms with E-state index in [9.17, 15) is 5.11 Å². The van der Waals surface area contributed by atoms with Gasteiger partial charge in [-0.25, -0.2) is 15.0 Å². The molecule has 0 saturated carbocycles. The standard InChI is InChI=1S/C27H28Cl2N6O3/c1-14-25(24-15(2)34-38-16(24)3)32-26(20-9-19(6-7-21(20)28)37-13-18(36)10-30-4)33-27(14)35-11-17-5-8-23(29)31-22(17)12-35/h5-9,18,30,36H,10-13H2,1-4H3/t18-/m1/s1. The lowest BCUT2D eigenvalue weighted by Gasteiger charge is -2.22. The van der Waals surface area contributed by atoms with E-state index < -0.39 is 6.10 Å². The number of fused-ring (bicyclic) bond motifs is 1. The van der Waals surface area contributed by atoms with Crippen LogP contribution in [0.25, 0.3) is 22.6 Å². The maximum Gasteiger partial charge on any atom is 0.163 e. The first-order valence-electron chi connectivity index (χ1n) is 12.2. The molecule has 5 rings (SSSR count). The molecule has 38 heavy (non-hydrogen) atoms. The van der Waals surface area contributed by atoms with E-state index in [2.05, 4.69) is 20.4 Å². The fourth-order valence-electron chi connectivity index (χ4n) is 4.63. The quantitative estimate of drug-likeness (QED) is 0.293. The molecule has 9 nitrogen and oxygen atoms in total. The smallest absolute Gasteiger partial charge is 0.163 e. The third-order valence-corrected chi connectivity index (χ3v) is 7.03. The molecule has 0 aliphatic carbocycles. The number of nitrogens with one attached hydrogen (secondary N) is 1. The van der Waals surface area contributed by atoms with Crippen LogP contribution in [0.4, 0.5) is 5.82 Å². The predicted molar refractivity (Wildman–Crippen MR) is 147 cm³/mol. The maximum absolute atomic E-state index is 10.1. The van der Waals surface area contributed by atoms with Crippen LogP contribution in [-0.2, 0) is 13.1 Å². The van der Waals surface area contributed by atoms with Gasteiger partial charge in [-0.2, -0.15) is 0 Å². The third kappa shape index (κ3) is 5.19. The average Bonchev–Trinajstić information content (AvgIpc) is 3.46. The fraction of sp³-hybridized carbons (Fsp3) is 0.333. The zero-order valence-corrected chi connectivity index (χ0v) is 23.1. The summed E-state index contributed by atoms with van der Waals surface area (Å²) in [4.78, 5) is 16.6. The summed E-state index contributed by atoms with van der Waals surface area (Å²) in [6.07, 6.45) is -0.647. The molecule has 4 aromatic rings. The van der Waals surface area contributed by atoms with Gasteiger partial charge in [0.25, 0.3) is 0 Å². The van der Waals surface area contributed by atoms with Gasteiger partial charge in [0, 0.05) is 24.2 Å². The molecule has 1 aliphatic heterocycles. The van der Waals surface area contributed by atoms with Crippen LogP contribution in [0.15, 0.2) is 34.9 Å². The first-order chi connectivity index (χ1) is 18.2. The Labute approximate surface area is 230 Å². The minimum absolute atomic E-state index is 0.133. The number of ether oxygens (including phenoxy) is 1. The number of nitrogens with zero attached hydrogens (tertiary/aromatic N) is 5. The molecule has 1 aliphatic rings. The van der Waals surface area contributed by atoms with Crippen LogP contribution in [0.2, 0.25) is 10.2 Å². The highest BCUT2D eigenvalue weighted by molar-refractivity contribution is 6.33. The lowest BCUT2D eigenvalue weighted by atomic mass is 10.0. The van der Waals surface area contributed by atoms with Crippen molar-refractivity contribution in [1.82, 2.24) is 25.4 Å². The summed E-state index contributed by atoms with van der Waals surface area (Å²) in [7, 11) is 1.77. The highest BCUT2D eigenvalue weighted by atomic mass is 35.5. The summed E-state index contributed by atoms with van der Waals surface area (Å²) in [5.74, 6) is 2.41. The number of hydrogen-bond donors (Lipinski definition) is 2. The molecule has 0 amide bonds. The average molecular weight is 555 g/mol. The van der Waals surface area contributed by atoms with Gasteiger partial charge in [-0.3, -0.25) is 0 Å². The van der Waals surface area contributed by atoms with Crippen LogP contribution >= 0.6 is 23.2 Å². The second kappa shape index (κ2) is 10.9. The topological polar surface area (TPSA) is 109 Å². The number of anilines is 1. The molecule has 3 aromatic heterocycles. The second-order valence-corrected chi connectivity index (χ2v) is 10.1. The largest absolute Gasteiger partial charge is 0.491 e. The van der Waals surface area contributed by atoms with Gasteiger partial charge in [0.05, 0.1) is 34.2 Å².